The molecule has 10 heteroatoms. The molecule has 1 aliphatic heterocycles. The number of aromatic nitrogens is 1. The molecule has 3 heterocycles. The summed E-state index contributed by atoms with van der Waals surface area (Å²) in [5.74, 6) is -1.26. The van der Waals surface area contributed by atoms with Crippen LogP contribution < -0.4 is 0 Å². The SMILES string of the molecule is CS(=O)(=O)[C@@H]1CN(Cc2cnc(-c3ccco3)s2)C[C@H]1C(F)(F)F. The molecule has 0 saturated carbocycles. The van der Waals surface area contributed by atoms with Gasteiger partial charge in [-0.3, -0.25) is 4.90 Å². The van der Waals surface area contributed by atoms with E-state index in [0.29, 0.717) is 10.8 Å². The Hall–Kier alpha value is -1.39. The number of thiazole rings is 1. The summed E-state index contributed by atoms with van der Waals surface area (Å²) in [5.41, 5.74) is 0. The van der Waals surface area contributed by atoms with Gasteiger partial charge in [0.05, 0.1) is 17.4 Å². The van der Waals surface area contributed by atoms with Gasteiger partial charge in [-0.1, -0.05) is 0 Å². The third-order valence-electron chi connectivity index (χ3n) is 3.98. The Morgan fingerprint density at radius 3 is 2.71 bits per heavy atom. The Morgan fingerprint density at radius 1 is 1.42 bits per heavy atom. The summed E-state index contributed by atoms with van der Waals surface area (Å²) in [5, 5.41) is -0.781. The maximum absolute atomic E-state index is 13.1. The molecule has 0 bridgehead atoms. The predicted octanol–water partition coefficient (Wildman–Crippen LogP) is 2.81. The van der Waals surface area contributed by atoms with Crippen molar-refractivity contribution in [1.29, 1.82) is 0 Å². The zero-order valence-electron chi connectivity index (χ0n) is 12.7. The van der Waals surface area contributed by atoms with Crippen LogP contribution in [0.4, 0.5) is 13.2 Å². The molecule has 5 nitrogen and oxygen atoms in total. The van der Waals surface area contributed by atoms with Crippen molar-refractivity contribution in [3.8, 4) is 10.8 Å². The minimum absolute atomic E-state index is 0.128. The van der Waals surface area contributed by atoms with Crippen LogP contribution >= 0.6 is 11.3 Å². The van der Waals surface area contributed by atoms with Gasteiger partial charge < -0.3 is 4.42 Å². The molecule has 1 saturated heterocycles. The van der Waals surface area contributed by atoms with Gasteiger partial charge in [-0.15, -0.1) is 11.3 Å². The van der Waals surface area contributed by atoms with Crippen molar-refractivity contribution in [3.63, 3.8) is 0 Å². The monoisotopic (exact) mass is 380 g/mol. The third-order valence-corrected chi connectivity index (χ3v) is 6.55. The van der Waals surface area contributed by atoms with E-state index in [1.165, 1.54) is 22.5 Å². The average molecular weight is 380 g/mol. The second-order valence-corrected chi connectivity index (χ2v) is 9.20. The summed E-state index contributed by atoms with van der Waals surface area (Å²) in [4.78, 5) is 6.47. The van der Waals surface area contributed by atoms with E-state index < -0.39 is 27.2 Å². The highest BCUT2D eigenvalue weighted by Crippen LogP contribution is 2.38. The first kappa shape index (κ1) is 17.4. The Morgan fingerprint density at radius 2 is 2.17 bits per heavy atom. The van der Waals surface area contributed by atoms with E-state index in [9.17, 15) is 21.6 Å². The summed E-state index contributed by atoms with van der Waals surface area (Å²) in [6, 6.07) is 3.47. The fraction of sp³-hybridized carbons (Fsp3) is 0.500. The number of nitrogens with zero attached hydrogens (tertiary/aromatic N) is 2. The number of likely N-dealkylation sites (tertiary alicyclic amines) is 1. The van der Waals surface area contributed by atoms with Crippen molar-refractivity contribution in [2.24, 2.45) is 5.92 Å². The van der Waals surface area contributed by atoms with Gasteiger partial charge in [-0.25, -0.2) is 13.4 Å². The number of sulfone groups is 1. The van der Waals surface area contributed by atoms with Crippen LogP contribution in [0.5, 0.6) is 0 Å². The summed E-state index contributed by atoms with van der Waals surface area (Å²) in [6.45, 7) is -0.219. The first-order chi connectivity index (χ1) is 11.1. The number of hydrogen-bond acceptors (Lipinski definition) is 6. The molecule has 2 atom stereocenters. The molecule has 0 aromatic carbocycles. The molecule has 24 heavy (non-hydrogen) atoms. The summed E-state index contributed by atoms with van der Waals surface area (Å²) in [7, 11) is -3.78. The lowest BCUT2D eigenvalue weighted by atomic mass is 10.1. The van der Waals surface area contributed by atoms with Gasteiger partial charge in [-0.2, -0.15) is 13.2 Å². The molecule has 0 radical (unpaired) electrons. The quantitative estimate of drug-likeness (QED) is 0.816. The second kappa shape index (κ2) is 6.16. The Bertz CT molecular complexity index is 800. The second-order valence-electron chi connectivity index (χ2n) is 5.82. The van der Waals surface area contributed by atoms with E-state index in [-0.39, 0.29) is 19.6 Å². The molecule has 1 aliphatic rings. The number of alkyl halides is 3. The molecule has 3 rings (SSSR count). The number of rotatable bonds is 4. The highest BCUT2D eigenvalue weighted by Gasteiger charge is 2.53. The largest absolute Gasteiger partial charge is 0.462 e. The zero-order chi connectivity index (χ0) is 17.5. The van der Waals surface area contributed by atoms with Crippen molar-refractivity contribution >= 4 is 21.2 Å². The Balaban J connectivity index is 1.75. The number of furan rings is 1. The fourth-order valence-electron chi connectivity index (χ4n) is 2.84. The summed E-state index contributed by atoms with van der Waals surface area (Å²) in [6.07, 6.45) is -0.572. The van der Waals surface area contributed by atoms with Crippen molar-refractivity contribution < 1.29 is 26.0 Å². The normalized spacial score (nSPS) is 23.0. The van der Waals surface area contributed by atoms with E-state index in [1.54, 1.807) is 18.3 Å². The molecular weight excluding hydrogens is 365 g/mol. The van der Waals surface area contributed by atoms with E-state index in [0.717, 1.165) is 11.1 Å². The number of halogens is 3. The van der Waals surface area contributed by atoms with Crippen LogP contribution in [0.2, 0.25) is 0 Å². The van der Waals surface area contributed by atoms with E-state index in [4.69, 9.17) is 4.42 Å². The third kappa shape index (κ3) is 3.65. The molecule has 0 unspecified atom stereocenters. The zero-order valence-corrected chi connectivity index (χ0v) is 14.3. The van der Waals surface area contributed by atoms with Crippen molar-refractivity contribution in [3.05, 3.63) is 29.5 Å². The maximum atomic E-state index is 13.1. The van der Waals surface area contributed by atoms with Gasteiger partial charge in [0.25, 0.3) is 0 Å². The lowest BCUT2D eigenvalue weighted by molar-refractivity contribution is -0.169. The van der Waals surface area contributed by atoms with Crippen LogP contribution in [0.25, 0.3) is 10.8 Å². The average Bonchev–Trinajstić information content (AvgIpc) is 3.16. The van der Waals surface area contributed by atoms with E-state index in [2.05, 4.69) is 4.98 Å². The molecule has 0 spiro atoms. The van der Waals surface area contributed by atoms with Gasteiger partial charge in [0.1, 0.15) is 0 Å². The van der Waals surface area contributed by atoms with Crippen LogP contribution in [0, 0.1) is 5.92 Å². The first-order valence-corrected chi connectivity index (χ1v) is 9.88. The van der Waals surface area contributed by atoms with Crippen molar-refractivity contribution in [2.45, 2.75) is 18.0 Å². The smallest absolute Gasteiger partial charge is 0.394 e. The maximum Gasteiger partial charge on any atom is 0.394 e. The Labute approximate surface area is 141 Å². The van der Waals surface area contributed by atoms with Gasteiger partial charge in [0.15, 0.2) is 20.6 Å². The van der Waals surface area contributed by atoms with Crippen LogP contribution in [0.3, 0.4) is 0 Å². The topological polar surface area (TPSA) is 63.4 Å². The standard InChI is InChI=1S/C14H15F3N2O3S2/c1-24(20,21)12-8-19(7-10(12)14(15,16)17)6-9-5-18-13(23-9)11-3-2-4-22-11/h2-5,10,12H,6-8H2,1H3/t10-,12-/m1/s1. The highest BCUT2D eigenvalue weighted by molar-refractivity contribution is 7.91. The summed E-state index contributed by atoms with van der Waals surface area (Å²) < 4.78 is 68.0. The molecule has 0 amide bonds. The van der Waals surface area contributed by atoms with E-state index in [1.807, 2.05) is 0 Å². The molecular formula is C14H15F3N2O3S2. The highest BCUT2D eigenvalue weighted by atomic mass is 32.2. The number of hydrogen-bond donors (Lipinski definition) is 0. The lowest BCUT2D eigenvalue weighted by Gasteiger charge is -2.19. The van der Waals surface area contributed by atoms with Crippen LogP contribution in [-0.4, -0.2) is 49.1 Å². The van der Waals surface area contributed by atoms with E-state index >= 15 is 0 Å². The summed E-state index contributed by atoms with van der Waals surface area (Å²) >= 11 is 1.32. The minimum atomic E-state index is -4.53. The molecule has 1 fully saturated rings. The Kier molecular flexibility index (Phi) is 4.47. The van der Waals surface area contributed by atoms with Gasteiger partial charge >= 0.3 is 6.18 Å². The van der Waals surface area contributed by atoms with Crippen LogP contribution in [0.1, 0.15) is 4.88 Å². The van der Waals surface area contributed by atoms with Gasteiger partial charge in [0, 0.05) is 37.0 Å². The lowest BCUT2D eigenvalue weighted by Crippen LogP contribution is -2.37. The molecule has 132 valence electrons. The van der Waals surface area contributed by atoms with Gasteiger partial charge in [0.2, 0.25) is 0 Å². The van der Waals surface area contributed by atoms with Crippen LogP contribution in [0.15, 0.2) is 29.0 Å². The fourth-order valence-corrected chi connectivity index (χ4v) is 5.09. The minimum Gasteiger partial charge on any atom is -0.462 e. The molecule has 0 N–H and O–H groups in total. The van der Waals surface area contributed by atoms with Gasteiger partial charge in [-0.05, 0) is 12.1 Å². The van der Waals surface area contributed by atoms with Crippen molar-refractivity contribution in [1.82, 2.24) is 9.88 Å². The molecule has 2 aromatic heterocycles. The van der Waals surface area contributed by atoms with Crippen LogP contribution in [-0.2, 0) is 16.4 Å². The molecule has 2 aromatic rings. The predicted molar refractivity (Wildman–Crippen MR) is 83.3 cm³/mol. The van der Waals surface area contributed by atoms with Crippen molar-refractivity contribution in [2.75, 3.05) is 19.3 Å². The first-order valence-electron chi connectivity index (χ1n) is 7.11. The molecule has 0 aliphatic carbocycles.